The van der Waals surface area contributed by atoms with Gasteiger partial charge in [-0.1, -0.05) is 60.7 Å². The summed E-state index contributed by atoms with van der Waals surface area (Å²) in [5.74, 6) is 0.808. The molecule has 0 spiro atoms. The largest absolute Gasteiger partial charge is 0.356 e. The summed E-state index contributed by atoms with van der Waals surface area (Å²) >= 11 is 0. The van der Waals surface area contributed by atoms with Crippen LogP contribution in [0.15, 0.2) is 65.7 Å². The number of hydrogen-bond donors (Lipinski definition) is 2. The highest BCUT2D eigenvalue weighted by atomic mass is 16.2. The predicted octanol–water partition coefficient (Wildman–Crippen LogP) is 2.91. The summed E-state index contributed by atoms with van der Waals surface area (Å²) in [6.45, 7) is 1.60. The number of aliphatic imine (C=N–C) groups is 1. The third kappa shape index (κ3) is 5.92. The van der Waals surface area contributed by atoms with Crippen LogP contribution in [-0.2, 0) is 9.59 Å². The van der Waals surface area contributed by atoms with Gasteiger partial charge < -0.3 is 10.6 Å². The van der Waals surface area contributed by atoms with Gasteiger partial charge >= 0.3 is 0 Å². The van der Waals surface area contributed by atoms with Crippen molar-refractivity contribution >= 4 is 17.8 Å². The van der Waals surface area contributed by atoms with Crippen LogP contribution < -0.4 is 10.6 Å². The number of rotatable bonds is 8. The van der Waals surface area contributed by atoms with Crippen LogP contribution in [0, 0.1) is 0 Å². The highest BCUT2D eigenvalue weighted by molar-refractivity contribution is 5.97. The van der Waals surface area contributed by atoms with Gasteiger partial charge in [-0.2, -0.15) is 0 Å². The van der Waals surface area contributed by atoms with E-state index < -0.39 is 0 Å². The summed E-state index contributed by atoms with van der Waals surface area (Å²) in [7, 11) is 1.72. The fraction of sp³-hybridized carbons (Fsp3) is 0.375. The number of carbonyl (C=O) groups is 2. The van der Waals surface area contributed by atoms with Crippen molar-refractivity contribution in [3.8, 4) is 0 Å². The van der Waals surface area contributed by atoms with Crippen molar-refractivity contribution in [3.05, 3.63) is 71.8 Å². The molecule has 6 nitrogen and oxygen atoms in total. The average molecular weight is 407 g/mol. The first-order chi connectivity index (χ1) is 14.7. The van der Waals surface area contributed by atoms with Gasteiger partial charge in [-0.3, -0.25) is 19.5 Å². The molecular formula is C24H30N4O2. The van der Waals surface area contributed by atoms with Crippen LogP contribution in [0.3, 0.4) is 0 Å². The third-order valence-corrected chi connectivity index (χ3v) is 5.36. The van der Waals surface area contributed by atoms with Crippen molar-refractivity contribution in [2.75, 3.05) is 26.7 Å². The zero-order valence-electron chi connectivity index (χ0n) is 17.5. The molecule has 0 atom stereocenters. The van der Waals surface area contributed by atoms with Crippen LogP contribution in [0.25, 0.3) is 0 Å². The number of amides is 2. The van der Waals surface area contributed by atoms with E-state index in [2.05, 4.69) is 64.2 Å². The van der Waals surface area contributed by atoms with E-state index in [9.17, 15) is 9.59 Å². The molecule has 0 saturated carbocycles. The van der Waals surface area contributed by atoms with Gasteiger partial charge in [0.15, 0.2) is 5.96 Å². The summed E-state index contributed by atoms with van der Waals surface area (Å²) < 4.78 is 0. The lowest BCUT2D eigenvalue weighted by molar-refractivity contribution is -0.147. The standard InChI is InChI=1S/C24H30N4O2/c1-25-24(27-17-18-28-22(29)13-8-14-23(28)30)26-16-15-21(19-9-4-2-5-10-19)20-11-6-3-7-12-20/h2-7,9-12,21H,8,13-18H2,1H3,(H2,25,26,27). The molecule has 0 aromatic heterocycles. The number of hydrogen-bond acceptors (Lipinski definition) is 3. The molecule has 3 rings (SSSR count). The van der Waals surface area contributed by atoms with Gasteiger partial charge in [0.1, 0.15) is 0 Å². The van der Waals surface area contributed by atoms with Gasteiger partial charge in [-0.25, -0.2) is 0 Å². The molecule has 2 aromatic carbocycles. The van der Waals surface area contributed by atoms with E-state index in [0.717, 1.165) is 13.0 Å². The van der Waals surface area contributed by atoms with Gasteiger partial charge in [0.05, 0.1) is 0 Å². The van der Waals surface area contributed by atoms with E-state index in [4.69, 9.17) is 0 Å². The Labute approximate surface area is 178 Å². The summed E-state index contributed by atoms with van der Waals surface area (Å²) in [6, 6.07) is 21.0. The first kappa shape index (κ1) is 21.6. The van der Waals surface area contributed by atoms with Crippen LogP contribution in [0.5, 0.6) is 0 Å². The van der Waals surface area contributed by atoms with Crippen molar-refractivity contribution in [1.29, 1.82) is 0 Å². The van der Waals surface area contributed by atoms with Gasteiger partial charge in [-0.05, 0) is 24.0 Å². The maximum atomic E-state index is 11.9. The van der Waals surface area contributed by atoms with Crippen molar-refractivity contribution in [1.82, 2.24) is 15.5 Å². The lowest BCUT2D eigenvalue weighted by atomic mass is 9.88. The Morgan fingerprint density at radius 2 is 1.43 bits per heavy atom. The highest BCUT2D eigenvalue weighted by Crippen LogP contribution is 2.27. The molecule has 1 heterocycles. The Balaban J connectivity index is 1.51. The fourth-order valence-corrected chi connectivity index (χ4v) is 3.79. The van der Waals surface area contributed by atoms with E-state index in [1.807, 2.05) is 12.1 Å². The molecule has 6 heteroatoms. The zero-order valence-corrected chi connectivity index (χ0v) is 17.5. The minimum atomic E-state index is -0.0791. The fourth-order valence-electron chi connectivity index (χ4n) is 3.79. The molecular weight excluding hydrogens is 376 g/mol. The Morgan fingerprint density at radius 3 is 1.97 bits per heavy atom. The highest BCUT2D eigenvalue weighted by Gasteiger charge is 2.25. The number of piperidine rings is 1. The van der Waals surface area contributed by atoms with Gasteiger partial charge in [-0.15, -0.1) is 0 Å². The van der Waals surface area contributed by atoms with E-state index in [-0.39, 0.29) is 11.8 Å². The normalized spacial score (nSPS) is 14.9. The molecule has 2 aromatic rings. The van der Waals surface area contributed by atoms with Gasteiger partial charge in [0.25, 0.3) is 0 Å². The molecule has 2 N–H and O–H groups in total. The summed E-state index contributed by atoms with van der Waals surface area (Å²) in [5.41, 5.74) is 2.58. The first-order valence-electron chi connectivity index (χ1n) is 10.6. The van der Waals surface area contributed by atoms with Crippen LogP contribution >= 0.6 is 0 Å². The van der Waals surface area contributed by atoms with E-state index in [1.54, 1.807) is 7.05 Å². The van der Waals surface area contributed by atoms with Crippen LogP contribution in [0.1, 0.15) is 42.7 Å². The van der Waals surface area contributed by atoms with Crippen molar-refractivity contribution in [2.24, 2.45) is 4.99 Å². The number of imide groups is 1. The Hall–Kier alpha value is -3.15. The van der Waals surface area contributed by atoms with Gasteiger partial charge in [0, 0.05) is 45.4 Å². The smallest absolute Gasteiger partial charge is 0.229 e. The number of nitrogens with zero attached hydrogens (tertiary/aromatic N) is 2. The Bertz CT molecular complexity index is 797. The molecule has 0 aliphatic carbocycles. The van der Waals surface area contributed by atoms with E-state index in [1.165, 1.54) is 16.0 Å². The van der Waals surface area contributed by atoms with E-state index in [0.29, 0.717) is 44.2 Å². The monoisotopic (exact) mass is 406 g/mol. The molecule has 158 valence electrons. The maximum Gasteiger partial charge on any atom is 0.229 e. The number of benzene rings is 2. The Kier molecular flexibility index (Phi) is 8.01. The topological polar surface area (TPSA) is 73.8 Å². The quantitative estimate of drug-likeness (QED) is 0.402. The molecule has 0 unspecified atom stereocenters. The minimum absolute atomic E-state index is 0.0791. The zero-order chi connectivity index (χ0) is 21.2. The van der Waals surface area contributed by atoms with Crippen LogP contribution in [0.2, 0.25) is 0 Å². The van der Waals surface area contributed by atoms with E-state index >= 15 is 0 Å². The Morgan fingerprint density at radius 1 is 0.900 bits per heavy atom. The second-order valence-corrected chi connectivity index (χ2v) is 7.38. The summed E-state index contributed by atoms with van der Waals surface area (Å²) in [5, 5.41) is 6.55. The maximum absolute atomic E-state index is 11.9. The molecule has 1 saturated heterocycles. The molecule has 2 amide bonds. The second kappa shape index (κ2) is 11.1. The molecule has 30 heavy (non-hydrogen) atoms. The van der Waals surface area contributed by atoms with Gasteiger partial charge in [0.2, 0.25) is 11.8 Å². The molecule has 1 fully saturated rings. The third-order valence-electron chi connectivity index (χ3n) is 5.36. The number of carbonyl (C=O) groups excluding carboxylic acids is 2. The van der Waals surface area contributed by atoms with Crippen molar-refractivity contribution < 1.29 is 9.59 Å². The lowest BCUT2D eigenvalue weighted by Gasteiger charge is -2.25. The minimum Gasteiger partial charge on any atom is -0.356 e. The second-order valence-electron chi connectivity index (χ2n) is 7.38. The first-order valence-corrected chi connectivity index (χ1v) is 10.6. The number of guanidine groups is 1. The average Bonchev–Trinajstić information content (AvgIpc) is 2.78. The molecule has 0 bridgehead atoms. The van der Waals surface area contributed by atoms with Crippen LogP contribution in [0.4, 0.5) is 0 Å². The van der Waals surface area contributed by atoms with Crippen molar-refractivity contribution in [3.63, 3.8) is 0 Å². The summed E-state index contributed by atoms with van der Waals surface area (Å²) in [4.78, 5) is 29.4. The molecule has 1 aliphatic rings. The molecule has 1 aliphatic heterocycles. The number of nitrogens with one attached hydrogen (secondary N) is 2. The summed E-state index contributed by atoms with van der Waals surface area (Å²) in [6.07, 6.45) is 2.49. The van der Waals surface area contributed by atoms with Crippen LogP contribution in [-0.4, -0.2) is 49.4 Å². The molecule has 0 radical (unpaired) electrons. The predicted molar refractivity (Wildman–Crippen MR) is 119 cm³/mol. The lowest BCUT2D eigenvalue weighted by Crippen LogP contribution is -2.46. The number of likely N-dealkylation sites (tertiary alicyclic amines) is 1. The SMILES string of the molecule is CN=C(NCCC(c1ccccc1)c1ccccc1)NCCN1C(=O)CCCC1=O. The van der Waals surface area contributed by atoms with Crippen molar-refractivity contribution in [2.45, 2.75) is 31.6 Å².